The Labute approximate surface area is 100 Å². The van der Waals surface area contributed by atoms with Crippen LogP contribution < -0.4 is 10.2 Å². The lowest BCUT2D eigenvalue weighted by Crippen LogP contribution is -2.19. The minimum absolute atomic E-state index is 0.869. The van der Waals surface area contributed by atoms with Crippen molar-refractivity contribution in [1.82, 2.24) is 10.3 Å². The van der Waals surface area contributed by atoms with Crippen LogP contribution in [-0.2, 0) is 6.54 Å². The third-order valence-electron chi connectivity index (χ3n) is 2.08. The van der Waals surface area contributed by atoms with Gasteiger partial charge in [0.2, 0.25) is 0 Å². The predicted molar refractivity (Wildman–Crippen MR) is 68.3 cm³/mol. The topological polar surface area (TPSA) is 28.2 Å². The molecule has 1 aromatic heterocycles. The van der Waals surface area contributed by atoms with Gasteiger partial charge >= 0.3 is 0 Å². The fraction of sp³-hybridized carbons (Fsp3) is 0.545. The van der Waals surface area contributed by atoms with Gasteiger partial charge in [0.05, 0.1) is 0 Å². The first-order valence-corrected chi connectivity index (χ1v) is 5.97. The van der Waals surface area contributed by atoms with Crippen LogP contribution in [0.25, 0.3) is 0 Å². The fourth-order valence-electron chi connectivity index (χ4n) is 1.41. The third kappa shape index (κ3) is 3.80. The molecule has 0 amide bonds. The zero-order chi connectivity index (χ0) is 11.3. The molecule has 0 fully saturated rings. The van der Waals surface area contributed by atoms with Gasteiger partial charge in [-0.2, -0.15) is 0 Å². The van der Waals surface area contributed by atoms with Gasteiger partial charge in [0.25, 0.3) is 0 Å². The van der Waals surface area contributed by atoms with Crippen LogP contribution in [0.15, 0.2) is 16.7 Å². The van der Waals surface area contributed by atoms with Gasteiger partial charge in [-0.25, -0.2) is 4.98 Å². The average Bonchev–Trinajstić information content (AvgIpc) is 2.18. The van der Waals surface area contributed by atoms with Gasteiger partial charge in [0.15, 0.2) is 0 Å². The van der Waals surface area contributed by atoms with E-state index in [1.54, 1.807) is 0 Å². The number of aromatic nitrogens is 1. The molecule has 1 N–H and O–H groups in total. The highest BCUT2D eigenvalue weighted by atomic mass is 79.9. The molecular weight excluding hydrogens is 254 g/mol. The molecule has 3 nitrogen and oxygen atoms in total. The minimum Gasteiger partial charge on any atom is -0.362 e. The van der Waals surface area contributed by atoms with E-state index in [4.69, 9.17) is 0 Å². The van der Waals surface area contributed by atoms with Crippen molar-refractivity contribution in [2.45, 2.75) is 19.9 Å². The van der Waals surface area contributed by atoms with Crippen molar-refractivity contribution in [3.05, 3.63) is 22.3 Å². The fourth-order valence-corrected chi connectivity index (χ4v) is 1.79. The molecule has 1 rings (SSSR count). The van der Waals surface area contributed by atoms with E-state index >= 15 is 0 Å². The second kappa shape index (κ2) is 6.08. The second-order valence-corrected chi connectivity index (χ2v) is 4.62. The Hall–Kier alpha value is -0.610. The van der Waals surface area contributed by atoms with E-state index < -0.39 is 0 Å². The highest BCUT2D eigenvalue weighted by Crippen LogP contribution is 2.19. The molecule has 15 heavy (non-hydrogen) atoms. The molecule has 0 spiro atoms. The number of nitrogens with zero attached hydrogens (tertiary/aromatic N) is 2. The van der Waals surface area contributed by atoms with E-state index in [0.29, 0.717) is 0 Å². The van der Waals surface area contributed by atoms with E-state index in [0.717, 1.165) is 29.8 Å². The number of nitrogens with one attached hydrogen (secondary N) is 1. The van der Waals surface area contributed by atoms with Crippen molar-refractivity contribution in [1.29, 1.82) is 0 Å². The smallest absolute Gasteiger partial charge is 0.132 e. The molecule has 0 atom stereocenters. The first-order valence-electron chi connectivity index (χ1n) is 5.17. The van der Waals surface area contributed by atoms with Crippen LogP contribution in [0.1, 0.15) is 18.9 Å². The Kier molecular flexibility index (Phi) is 5.05. The molecule has 1 aromatic rings. The predicted octanol–water partition coefficient (Wildman–Crippen LogP) is 2.41. The summed E-state index contributed by atoms with van der Waals surface area (Å²) in [7, 11) is 4.03. The first-order chi connectivity index (χ1) is 7.15. The van der Waals surface area contributed by atoms with Crippen LogP contribution in [-0.4, -0.2) is 25.6 Å². The molecular formula is C11H18BrN3. The van der Waals surface area contributed by atoms with Gasteiger partial charge < -0.3 is 10.2 Å². The quantitative estimate of drug-likeness (QED) is 0.834. The number of anilines is 1. The molecule has 0 unspecified atom stereocenters. The van der Waals surface area contributed by atoms with Gasteiger partial charge in [0.1, 0.15) is 5.82 Å². The summed E-state index contributed by atoms with van der Waals surface area (Å²) in [6.07, 6.45) is 2.98. The molecule has 0 aliphatic heterocycles. The van der Waals surface area contributed by atoms with Crippen LogP contribution in [0.5, 0.6) is 0 Å². The maximum Gasteiger partial charge on any atom is 0.132 e. The Balaban J connectivity index is 2.77. The summed E-state index contributed by atoms with van der Waals surface area (Å²) in [6.45, 7) is 4.08. The number of hydrogen-bond donors (Lipinski definition) is 1. The lowest BCUT2D eigenvalue weighted by molar-refractivity contribution is 0.673. The Morgan fingerprint density at radius 2 is 2.20 bits per heavy atom. The van der Waals surface area contributed by atoms with E-state index in [2.05, 4.69) is 39.2 Å². The Morgan fingerprint density at radius 1 is 1.47 bits per heavy atom. The first kappa shape index (κ1) is 12.5. The van der Waals surface area contributed by atoms with Gasteiger partial charge in [0, 0.05) is 36.9 Å². The zero-order valence-electron chi connectivity index (χ0n) is 9.55. The number of pyridine rings is 1. The van der Waals surface area contributed by atoms with Gasteiger partial charge in [-0.3, -0.25) is 0 Å². The van der Waals surface area contributed by atoms with Gasteiger partial charge in [-0.15, -0.1) is 0 Å². The molecule has 0 saturated carbocycles. The molecule has 0 saturated heterocycles. The monoisotopic (exact) mass is 271 g/mol. The summed E-state index contributed by atoms with van der Waals surface area (Å²) in [5.74, 6) is 1.03. The SMILES string of the molecule is CCCNCc1cc(Br)cnc1N(C)C. The molecule has 1 heterocycles. The maximum absolute atomic E-state index is 4.40. The average molecular weight is 272 g/mol. The van der Waals surface area contributed by atoms with E-state index in [1.165, 1.54) is 5.56 Å². The van der Waals surface area contributed by atoms with E-state index in [9.17, 15) is 0 Å². The molecule has 0 aromatic carbocycles. The van der Waals surface area contributed by atoms with Crippen LogP contribution in [0.3, 0.4) is 0 Å². The largest absolute Gasteiger partial charge is 0.362 e. The normalized spacial score (nSPS) is 10.4. The minimum atomic E-state index is 0.869. The lowest BCUT2D eigenvalue weighted by atomic mass is 10.2. The van der Waals surface area contributed by atoms with Crippen LogP contribution in [0, 0.1) is 0 Å². The maximum atomic E-state index is 4.40. The molecule has 0 aliphatic rings. The van der Waals surface area contributed by atoms with Crippen molar-refractivity contribution in [3.63, 3.8) is 0 Å². The number of rotatable bonds is 5. The van der Waals surface area contributed by atoms with Crippen LogP contribution in [0.4, 0.5) is 5.82 Å². The summed E-state index contributed by atoms with van der Waals surface area (Å²) in [5.41, 5.74) is 1.22. The molecule has 84 valence electrons. The van der Waals surface area contributed by atoms with E-state index in [1.807, 2.05) is 25.2 Å². The van der Waals surface area contributed by atoms with Crippen molar-refractivity contribution in [2.75, 3.05) is 25.5 Å². The summed E-state index contributed by atoms with van der Waals surface area (Å²) in [4.78, 5) is 6.43. The number of halogens is 1. The van der Waals surface area contributed by atoms with Crippen LogP contribution in [0.2, 0.25) is 0 Å². The summed E-state index contributed by atoms with van der Waals surface area (Å²) < 4.78 is 1.03. The summed E-state index contributed by atoms with van der Waals surface area (Å²) in [5, 5.41) is 3.39. The third-order valence-corrected chi connectivity index (χ3v) is 2.51. The molecule has 0 bridgehead atoms. The van der Waals surface area contributed by atoms with Crippen molar-refractivity contribution in [2.24, 2.45) is 0 Å². The zero-order valence-corrected chi connectivity index (χ0v) is 11.1. The Morgan fingerprint density at radius 3 is 2.80 bits per heavy atom. The molecule has 0 radical (unpaired) electrons. The lowest BCUT2D eigenvalue weighted by Gasteiger charge is -2.16. The Bertz CT molecular complexity index is 313. The summed E-state index contributed by atoms with van der Waals surface area (Å²) >= 11 is 3.45. The van der Waals surface area contributed by atoms with Crippen LogP contribution >= 0.6 is 15.9 Å². The van der Waals surface area contributed by atoms with Crippen molar-refractivity contribution >= 4 is 21.7 Å². The highest BCUT2D eigenvalue weighted by molar-refractivity contribution is 9.10. The van der Waals surface area contributed by atoms with Crippen molar-refractivity contribution in [3.8, 4) is 0 Å². The second-order valence-electron chi connectivity index (χ2n) is 3.71. The number of hydrogen-bond acceptors (Lipinski definition) is 3. The van der Waals surface area contributed by atoms with Crippen molar-refractivity contribution < 1.29 is 0 Å². The van der Waals surface area contributed by atoms with Gasteiger partial charge in [-0.1, -0.05) is 6.92 Å². The highest BCUT2D eigenvalue weighted by Gasteiger charge is 2.06. The summed E-state index contributed by atoms with van der Waals surface area (Å²) in [6, 6.07) is 2.12. The molecule has 0 aliphatic carbocycles. The standard InChI is InChI=1S/C11H18BrN3/c1-4-5-13-7-9-6-10(12)8-14-11(9)15(2)3/h6,8,13H,4-5,7H2,1-3H3. The van der Waals surface area contributed by atoms with E-state index in [-0.39, 0.29) is 0 Å². The van der Waals surface area contributed by atoms with Gasteiger partial charge in [-0.05, 0) is 35.0 Å². The molecule has 4 heteroatoms.